The smallest absolute Gasteiger partial charge is 0.320 e. The van der Waals surface area contributed by atoms with Crippen molar-refractivity contribution in [1.82, 2.24) is 4.98 Å². The third-order valence-corrected chi connectivity index (χ3v) is 8.35. The van der Waals surface area contributed by atoms with Gasteiger partial charge in [0, 0.05) is 18.0 Å². The maximum atomic E-state index is 13.1. The molecule has 1 heterocycles. The number of anilines is 1. The summed E-state index contributed by atoms with van der Waals surface area (Å²) < 4.78 is 78.1. The number of nitrogens with one attached hydrogen (secondary N) is 1. The van der Waals surface area contributed by atoms with Crippen LogP contribution in [0, 0.1) is 5.82 Å². The van der Waals surface area contributed by atoms with Crippen molar-refractivity contribution < 1.29 is 30.8 Å². The Morgan fingerprint density at radius 1 is 1.11 bits per heavy atom. The summed E-state index contributed by atoms with van der Waals surface area (Å²) in [5.41, 5.74) is 0.0224. The Balaban J connectivity index is 1.65. The van der Waals surface area contributed by atoms with Crippen LogP contribution >= 0.6 is 11.8 Å². The number of alkyl halides is 3. The monoisotopic (exact) mass is 550 g/mol. The Morgan fingerprint density at radius 2 is 1.84 bits per heavy atom. The fraction of sp³-hybridized carbons (Fsp3) is 0.154. The Kier molecular flexibility index (Phi) is 9.28. The molecular formula is C26H22F4N2O3S2. The molecule has 194 valence electrons. The van der Waals surface area contributed by atoms with Crippen molar-refractivity contribution in [2.75, 3.05) is 16.8 Å². The Labute approximate surface area is 216 Å². The molecule has 0 aliphatic rings. The van der Waals surface area contributed by atoms with Gasteiger partial charge in [0.2, 0.25) is 5.91 Å². The fourth-order valence-corrected chi connectivity index (χ4v) is 6.26. The number of carbonyl (C=O) groups is 1. The molecule has 0 bridgehead atoms. The Bertz CT molecular complexity index is 1390. The van der Waals surface area contributed by atoms with Crippen LogP contribution in [-0.2, 0) is 20.8 Å². The van der Waals surface area contributed by atoms with Gasteiger partial charge >= 0.3 is 6.18 Å². The summed E-state index contributed by atoms with van der Waals surface area (Å²) in [6.45, 7) is 3.50. The van der Waals surface area contributed by atoms with E-state index in [4.69, 9.17) is 0 Å². The van der Waals surface area contributed by atoms with Gasteiger partial charge in [-0.25, -0.2) is 17.8 Å². The zero-order valence-electron chi connectivity index (χ0n) is 19.3. The largest absolute Gasteiger partial charge is 0.416 e. The summed E-state index contributed by atoms with van der Waals surface area (Å²) in [7, 11) is -3.90. The second-order valence-electron chi connectivity index (χ2n) is 7.73. The molecular weight excluding hydrogens is 528 g/mol. The standard InChI is InChI=1S/C26H22F4N2O3S2/c1-2-23(19-5-3-6-20(17-19)26(28,29)30)37(34,35)16-15-36-25-22(7-4-14-31-25)32-24(33)13-10-18-8-11-21(27)12-9-18/h2-14,17,23H,1,15-16H2,(H,32,33)/b13-10+. The van der Waals surface area contributed by atoms with E-state index in [9.17, 15) is 30.8 Å². The molecule has 3 aromatic rings. The highest BCUT2D eigenvalue weighted by molar-refractivity contribution is 8.00. The summed E-state index contributed by atoms with van der Waals surface area (Å²) in [6.07, 6.45) is 0.761. The van der Waals surface area contributed by atoms with E-state index in [1.165, 1.54) is 48.7 Å². The van der Waals surface area contributed by atoms with Gasteiger partial charge in [0.25, 0.3) is 0 Å². The number of amides is 1. The van der Waals surface area contributed by atoms with Gasteiger partial charge in [0.1, 0.15) is 16.1 Å². The van der Waals surface area contributed by atoms with Crippen molar-refractivity contribution in [3.8, 4) is 0 Å². The van der Waals surface area contributed by atoms with Crippen LogP contribution in [0.5, 0.6) is 0 Å². The zero-order valence-corrected chi connectivity index (χ0v) is 20.9. The molecule has 1 atom stereocenters. The molecule has 0 fully saturated rings. The van der Waals surface area contributed by atoms with Crippen molar-refractivity contribution in [2.24, 2.45) is 0 Å². The maximum Gasteiger partial charge on any atom is 0.416 e. The number of benzene rings is 2. The van der Waals surface area contributed by atoms with E-state index >= 15 is 0 Å². The molecule has 0 saturated carbocycles. The minimum atomic E-state index is -4.60. The van der Waals surface area contributed by atoms with Gasteiger partial charge in [-0.2, -0.15) is 13.2 Å². The van der Waals surface area contributed by atoms with E-state index in [1.54, 1.807) is 12.1 Å². The highest BCUT2D eigenvalue weighted by Gasteiger charge is 2.32. The second kappa shape index (κ2) is 12.2. The Morgan fingerprint density at radius 3 is 2.51 bits per heavy atom. The predicted molar refractivity (Wildman–Crippen MR) is 137 cm³/mol. The van der Waals surface area contributed by atoms with E-state index in [0.29, 0.717) is 16.3 Å². The Hall–Kier alpha value is -3.44. The van der Waals surface area contributed by atoms with Gasteiger partial charge in [0.05, 0.1) is 17.0 Å². The minimum absolute atomic E-state index is 0.0199. The van der Waals surface area contributed by atoms with Gasteiger partial charge in [-0.1, -0.05) is 36.4 Å². The third-order valence-electron chi connectivity index (χ3n) is 5.08. The molecule has 1 unspecified atom stereocenters. The number of nitrogens with zero attached hydrogens (tertiary/aromatic N) is 1. The van der Waals surface area contributed by atoms with Crippen LogP contribution in [0.4, 0.5) is 23.2 Å². The number of halogens is 4. The number of aromatic nitrogens is 1. The molecule has 0 radical (unpaired) electrons. The number of sulfone groups is 1. The molecule has 3 rings (SSSR count). The van der Waals surface area contributed by atoms with Gasteiger partial charge in [-0.3, -0.25) is 4.79 Å². The van der Waals surface area contributed by atoms with Crippen LogP contribution in [-0.4, -0.2) is 30.8 Å². The van der Waals surface area contributed by atoms with Gasteiger partial charge in [-0.05, 0) is 47.5 Å². The first-order chi connectivity index (χ1) is 17.5. The first kappa shape index (κ1) is 28.1. The SMILES string of the molecule is C=CC(c1cccc(C(F)(F)F)c1)S(=O)(=O)CCSc1ncccc1NC(=O)/C=C/c1ccc(F)cc1. The number of pyridine rings is 1. The minimum Gasteiger partial charge on any atom is -0.320 e. The molecule has 1 amide bonds. The van der Waals surface area contributed by atoms with Crippen molar-refractivity contribution in [1.29, 1.82) is 0 Å². The van der Waals surface area contributed by atoms with Crippen LogP contribution in [0.1, 0.15) is 21.9 Å². The van der Waals surface area contributed by atoms with E-state index < -0.39 is 38.6 Å². The molecule has 1 N–H and O–H groups in total. The maximum absolute atomic E-state index is 13.1. The summed E-state index contributed by atoms with van der Waals surface area (Å²) in [5.74, 6) is -1.19. The lowest BCUT2D eigenvalue weighted by Crippen LogP contribution is -2.17. The van der Waals surface area contributed by atoms with Crippen LogP contribution in [0.3, 0.4) is 0 Å². The third kappa shape index (κ3) is 8.02. The highest BCUT2D eigenvalue weighted by atomic mass is 32.2. The molecule has 0 saturated heterocycles. The highest BCUT2D eigenvalue weighted by Crippen LogP contribution is 2.33. The van der Waals surface area contributed by atoms with Gasteiger partial charge in [-0.15, -0.1) is 18.3 Å². The van der Waals surface area contributed by atoms with E-state index in [2.05, 4.69) is 16.9 Å². The summed E-state index contributed by atoms with van der Waals surface area (Å²) >= 11 is 1.08. The lowest BCUT2D eigenvalue weighted by atomic mass is 10.1. The molecule has 1 aromatic heterocycles. The van der Waals surface area contributed by atoms with Crippen molar-refractivity contribution in [3.63, 3.8) is 0 Å². The lowest BCUT2D eigenvalue weighted by molar-refractivity contribution is -0.137. The quantitative estimate of drug-likeness (QED) is 0.138. The topological polar surface area (TPSA) is 76.1 Å². The average Bonchev–Trinajstić information content (AvgIpc) is 2.84. The molecule has 2 aromatic carbocycles. The average molecular weight is 551 g/mol. The lowest BCUT2D eigenvalue weighted by Gasteiger charge is -2.16. The van der Waals surface area contributed by atoms with Crippen LogP contribution in [0.15, 0.2) is 90.6 Å². The molecule has 5 nitrogen and oxygen atoms in total. The van der Waals surface area contributed by atoms with E-state index in [-0.39, 0.29) is 17.1 Å². The second-order valence-corrected chi connectivity index (χ2v) is 11.1. The molecule has 0 aliphatic heterocycles. The normalized spacial score (nSPS) is 12.9. The van der Waals surface area contributed by atoms with Crippen molar-refractivity contribution in [2.45, 2.75) is 16.5 Å². The van der Waals surface area contributed by atoms with Crippen molar-refractivity contribution in [3.05, 3.63) is 108 Å². The van der Waals surface area contributed by atoms with E-state index in [1.807, 2.05) is 0 Å². The molecule has 0 aliphatic carbocycles. The van der Waals surface area contributed by atoms with Crippen molar-refractivity contribution >= 4 is 39.3 Å². The number of thioether (sulfide) groups is 1. The summed E-state index contributed by atoms with van der Waals surface area (Å²) in [5, 5.41) is 1.73. The fourth-order valence-electron chi connectivity index (χ4n) is 3.28. The number of carbonyl (C=O) groups excluding carboxylic acids is 1. The van der Waals surface area contributed by atoms with Crippen LogP contribution in [0.2, 0.25) is 0 Å². The first-order valence-corrected chi connectivity index (χ1v) is 13.5. The number of hydrogen-bond donors (Lipinski definition) is 1. The van der Waals surface area contributed by atoms with Crippen LogP contribution < -0.4 is 5.32 Å². The summed E-state index contributed by atoms with van der Waals surface area (Å²) in [4.78, 5) is 16.5. The van der Waals surface area contributed by atoms with E-state index in [0.717, 1.165) is 36.0 Å². The van der Waals surface area contributed by atoms with Gasteiger partial charge < -0.3 is 5.32 Å². The summed E-state index contributed by atoms with van der Waals surface area (Å²) in [6, 6.07) is 12.9. The first-order valence-electron chi connectivity index (χ1n) is 10.8. The number of hydrogen-bond acceptors (Lipinski definition) is 5. The number of rotatable bonds is 10. The molecule has 37 heavy (non-hydrogen) atoms. The molecule has 11 heteroatoms. The predicted octanol–water partition coefficient (Wildman–Crippen LogP) is 6.33. The van der Waals surface area contributed by atoms with Crippen LogP contribution in [0.25, 0.3) is 6.08 Å². The van der Waals surface area contributed by atoms with Gasteiger partial charge in [0.15, 0.2) is 9.84 Å². The molecule has 0 spiro atoms. The zero-order chi connectivity index (χ0) is 27.1.